The maximum absolute atomic E-state index is 13.2. The van der Waals surface area contributed by atoms with Gasteiger partial charge in [-0.15, -0.1) is 0 Å². The molecule has 1 N–H and O–H groups in total. The van der Waals surface area contributed by atoms with Crippen LogP contribution in [0.15, 0.2) is 35.4 Å². The molecule has 1 atom stereocenters. The summed E-state index contributed by atoms with van der Waals surface area (Å²) in [6.45, 7) is 1.20. The van der Waals surface area contributed by atoms with E-state index in [1.165, 1.54) is 19.1 Å². The van der Waals surface area contributed by atoms with E-state index < -0.39 is 30.2 Å². The number of nitrogens with zero attached hydrogens (tertiary/aromatic N) is 2. The number of alkyl halides is 3. The Kier molecular flexibility index (Phi) is 4.42. The van der Waals surface area contributed by atoms with Crippen LogP contribution in [0, 0.1) is 0 Å². The highest BCUT2D eigenvalue weighted by Gasteiger charge is 2.64. The Morgan fingerprint density at radius 3 is 2.48 bits per heavy atom. The number of hydrazone groups is 1. The fourth-order valence-electron chi connectivity index (χ4n) is 2.05. The van der Waals surface area contributed by atoms with Crippen molar-refractivity contribution in [3.8, 4) is 0 Å². The average Bonchev–Trinajstić information content (AvgIpc) is 2.86. The Hall–Kier alpha value is -2.42. The van der Waals surface area contributed by atoms with Crippen LogP contribution in [-0.2, 0) is 14.3 Å². The highest BCUT2D eigenvalue weighted by molar-refractivity contribution is 6.33. The molecule has 0 aliphatic carbocycles. The number of carbonyl (C=O) groups excluding carboxylic acids is 2. The fraction of sp³-hybridized carbons (Fsp3) is 0.357. The molecule has 0 spiro atoms. The van der Waals surface area contributed by atoms with Crippen molar-refractivity contribution >= 4 is 17.6 Å². The van der Waals surface area contributed by atoms with Crippen LogP contribution in [-0.4, -0.2) is 46.2 Å². The smallest absolute Gasteiger partial charge is 0.438 e. The minimum Gasteiger partial charge on any atom is -0.459 e. The monoisotopic (exact) mass is 330 g/mol. The first-order valence-corrected chi connectivity index (χ1v) is 6.64. The molecule has 0 saturated heterocycles. The third-order valence-electron chi connectivity index (χ3n) is 3.19. The summed E-state index contributed by atoms with van der Waals surface area (Å²) in [5.74, 6) is -3.20. The van der Waals surface area contributed by atoms with Crippen molar-refractivity contribution in [3.63, 3.8) is 0 Å². The number of halogens is 3. The molecule has 2 rings (SSSR count). The van der Waals surface area contributed by atoms with Gasteiger partial charge >= 0.3 is 18.1 Å². The molecule has 1 aromatic carbocycles. The third kappa shape index (κ3) is 3.04. The van der Waals surface area contributed by atoms with Crippen LogP contribution in [0.1, 0.15) is 18.9 Å². The summed E-state index contributed by atoms with van der Waals surface area (Å²) in [5, 5.41) is 13.2. The number of esters is 1. The quantitative estimate of drug-likeness (QED) is 0.657. The van der Waals surface area contributed by atoms with Gasteiger partial charge in [-0.1, -0.05) is 30.3 Å². The Bertz CT molecular complexity index is 645. The van der Waals surface area contributed by atoms with Gasteiger partial charge in [0, 0.05) is 0 Å². The van der Waals surface area contributed by atoms with Gasteiger partial charge in [0.15, 0.2) is 0 Å². The van der Waals surface area contributed by atoms with Crippen molar-refractivity contribution in [2.75, 3.05) is 6.61 Å². The van der Waals surface area contributed by atoms with E-state index in [2.05, 4.69) is 9.84 Å². The SMILES string of the molecule is CCOC(=O)C(=O)N1N=C(c2ccccc2)C[C@]1(O)C(F)(F)F. The number of hydrogen-bond acceptors (Lipinski definition) is 5. The van der Waals surface area contributed by atoms with Crippen LogP contribution < -0.4 is 0 Å². The summed E-state index contributed by atoms with van der Waals surface area (Å²) in [5.41, 5.74) is -3.46. The van der Waals surface area contributed by atoms with Crippen LogP contribution in [0.3, 0.4) is 0 Å². The molecular weight excluding hydrogens is 317 g/mol. The van der Waals surface area contributed by atoms with E-state index >= 15 is 0 Å². The molecule has 23 heavy (non-hydrogen) atoms. The van der Waals surface area contributed by atoms with Crippen molar-refractivity contribution in [3.05, 3.63) is 35.9 Å². The van der Waals surface area contributed by atoms with Crippen molar-refractivity contribution in [1.82, 2.24) is 5.01 Å². The number of ether oxygens (including phenoxy) is 1. The maximum Gasteiger partial charge on any atom is 0.438 e. The van der Waals surface area contributed by atoms with E-state index in [0.717, 1.165) is 0 Å². The number of rotatable bonds is 2. The predicted octanol–water partition coefficient (Wildman–Crippen LogP) is 1.44. The topological polar surface area (TPSA) is 79.2 Å². The van der Waals surface area contributed by atoms with Crippen molar-refractivity contribution in [1.29, 1.82) is 0 Å². The highest BCUT2D eigenvalue weighted by Crippen LogP contribution is 2.41. The summed E-state index contributed by atoms with van der Waals surface area (Å²) in [6, 6.07) is 7.75. The molecule has 0 fully saturated rings. The molecule has 9 heteroatoms. The first-order valence-electron chi connectivity index (χ1n) is 6.64. The zero-order valence-corrected chi connectivity index (χ0v) is 12.0. The lowest BCUT2D eigenvalue weighted by atomic mass is 10.0. The molecule has 0 aromatic heterocycles. The molecular formula is C14H13F3N2O4. The molecule has 0 bridgehead atoms. The number of aliphatic hydroxyl groups is 1. The largest absolute Gasteiger partial charge is 0.459 e. The Morgan fingerprint density at radius 2 is 1.96 bits per heavy atom. The zero-order valence-electron chi connectivity index (χ0n) is 12.0. The second-order valence-electron chi connectivity index (χ2n) is 4.74. The number of carbonyl (C=O) groups is 2. The van der Waals surface area contributed by atoms with E-state index in [0.29, 0.717) is 5.56 Å². The number of hydrogen-bond donors (Lipinski definition) is 1. The molecule has 6 nitrogen and oxygen atoms in total. The van der Waals surface area contributed by atoms with Crippen molar-refractivity contribution in [2.45, 2.75) is 25.2 Å². The van der Waals surface area contributed by atoms with E-state index in [9.17, 15) is 27.9 Å². The van der Waals surface area contributed by atoms with Crippen LogP contribution in [0.2, 0.25) is 0 Å². The van der Waals surface area contributed by atoms with Gasteiger partial charge in [0.2, 0.25) is 0 Å². The lowest BCUT2D eigenvalue weighted by Crippen LogP contribution is -2.58. The molecule has 1 amide bonds. The first kappa shape index (κ1) is 16.9. The molecule has 0 saturated carbocycles. The summed E-state index contributed by atoms with van der Waals surface area (Å²) in [7, 11) is 0. The molecule has 1 aliphatic heterocycles. The third-order valence-corrected chi connectivity index (χ3v) is 3.19. The predicted molar refractivity (Wildman–Crippen MR) is 72.1 cm³/mol. The lowest BCUT2D eigenvalue weighted by Gasteiger charge is -2.31. The average molecular weight is 330 g/mol. The summed E-state index contributed by atoms with van der Waals surface area (Å²) >= 11 is 0. The minimum absolute atomic E-state index is 0.164. The highest BCUT2D eigenvalue weighted by atomic mass is 19.4. The molecule has 0 radical (unpaired) electrons. The van der Waals surface area contributed by atoms with Gasteiger partial charge in [-0.2, -0.15) is 23.3 Å². The van der Waals surface area contributed by atoms with Gasteiger partial charge in [-0.3, -0.25) is 4.79 Å². The van der Waals surface area contributed by atoms with Crippen LogP contribution >= 0.6 is 0 Å². The number of amides is 1. The molecule has 124 valence electrons. The minimum atomic E-state index is -5.20. The van der Waals surface area contributed by atoms with Gasteiger partial charge < -0.3 is 9.84 Å². The second-order valence-corrected chi connectivity index (χ2v) is 4.74. The van der Waals surface area contributed by atoms with Crippen molar-refractivity contribution in [2.24, 2.45) is 5.10 Å². The summed E-state index contributed by atoms with van der Waals surface area (Å²) < 4.78 is 44.1. The van der Waals surface area contributed by atoms with E-state index in [1.807, 2.05) is 0 Å². The van der Waals surface area contributed by atoms with Gasteiger partial charge in [0.25, 0.3) is 5.72 Å². The van der Waals surface area contributed by atoms with E-state index in [1.54, 1.807) is 18.2 Å². The van der Waals surface area contributed by atoms with Crippen molar-refractivity contribution < 1.29 is 32.6 Å². The molecule has 1 aliphatic rings. The molecule has 1 aromatic rings. The maximum atomic E-state index is 13.2. The lowest BCUT2D eigenvalue weighted by molar-refractivity contribution is -0.302. The van der Waals surface area contributed by atoms with Crippen LogP contribution in [0.4, 0.5) is 13.2 Å². The number of benzene rings is 1. The van der Waals surface area contributed by atoms with Gasteiger partial charge in [0.1, 0.15) is 0 Å². The zero-order chi connectivity index (χ0) is 17.3. The van der Waals surface area contributed by atoms with Gasteiger partial charge in [-0.05, 0) is 12.5 Å². The van der Waals surface area contributed by atoms with Gasteiger partial charge in [0.05, 0.1) is 18.7 Å². The van der Waals surface area contributed by atoms with Crippen LogP contribution in [0.5, 0.6) is 0 Å². The normalized spacial score (nSPS) is 21.1. The molecule has 0 unspecified atom stereocenters. The second kappa shape index (κ2) is 5.99. The summed E-state index contributed by atoms with van der Waals surface area (Å²) in [6.07, 6.45) is -6.18. The Balaban J connectivity index is 2.42. The van der Waals surface area contributed by atoms with E-state index in [4.69, 9.17) is 0 Å². The van der Waals surface area contributed by atoms with Gasteiger partial charge in [-0.25, -0.2) is 4.79 Å². The summed E-state index contributed by atoms with van der Waals surface area (Å²) in [4.78, 5) is 23.3. The Labute approximate surface area is 129 Å². The fourth-order valence-corrected chi connectivity index (χ4v) is 2.05. The standard InChI is InChI=1S/C14H13F3N2O4/c1-2-23-12(21)11(20)19-13(22,14(15,16)17)8-10(18-19)9-6-4-3-5-7-9/h3-7,22H,2,8H2,1H3/t13-/m0/s1. The Morgan fingerprint density at radius 1 is 1.35 bits per heavy atom. The van der Waals surface area contributed by atoms with E-state index in [-0.39, 0.29) is 17.3 Å². The molecule has 1 heterocycles. The van der Waals surface area contributed by atoms with Crippen LogP contribution in [0.25, 0.3) is 0 Å². The first-order chi connectivity index (χ1) is 10.7.